The normalized spacial score (nSPS) is 23.3. The zero-order chi connectivity index (χ0) is 21.3. The van der Waals surface area contributed by atoms with Crippen molar-refractivity contribution in [2.75, 3.05) is 39.5 Å². The van der Waals surface area contributed by atoms with Gasteiger partial charge in [-0.25, -0.2) is 19.6 Å². The van der Waals surface area contributed by atoms with Gasteiger partial charge in [-0.3, -0.25) is 14.0 Å². The quantitative estimate of drug-likeness (QED) is 0.667. The van der Waals surface area contributed by atoms with Crippen LogP contribution in [0.25, 0.3) is 11.2 Å². The van der Waals surface area contributed by atoms with Crippen LogP contribution in [0.15, 0.2) is 12.7 Å². The van der Waals surface area contributed by atoms with Crippen LogP contribution in [0.5, 0.6) is 0 Å². The van der Waals surface area contributed by atoms with Gasteiger partial charge in [0, 0.05) is 24.8 Å². The monoisotopic (exact) mass is 425 g/mol. The molecule has 0 amide bonds. The Labute approximate surface area is 171 Å². The molecule has 3 rings (SSSR count). The number of hydrogen-bond donors (Lipinski definition) is 1. The third-order valence-corrected chi connectivity index (χ3v) is 8.20. The number of hydrogen-bond acceptors (Lipinski definition) is 8. The van der Waals surface area contributed by atoms with Crippen LogP contribution in [0.2, 0.25) is 0 Å². The van der Waals surface area contributed by atoms with Crippen LogP contribution in [-0.2, 0) is 13.8 Å². The minimum Gasteiger partial charge on any atom is -0.382 e. The second-order valence-corrected chi connectivity index (χ2v) is 11.4. The Morgan fingerprint density at radius 3 is 2.62 bits per heavy atom. The van der Waals surface area contributed by atoms with Gasteiger partial charge in [0.25, 0.3) is 7.52 Å². The van der Waals surface area contributed by atoms with Crippen molar-refractivity contribution in [2.24, 2.45) is 0 Å². The summed E-state index contributed by atoms with van der Waals surface area (Å²) in [5, 5.41) is 0. The molecule has 0 radical (unpaired) electrons. The van der Waals surface area contributed by atoms with E-state index in [1.807, 2.05) is 18.4 Å². The van der Waals surface area contributed by atoms with Crippen molar-refractivity contribution in [1.82, 2.24) is 29.1 Å². The fourth-order valence-electron chi connectivity index (χ4n) is 3.51. The first-order valence-electron chi connectivity index (χ1n) is 9.88. The Morgan fingerprint density at radius 2 is 2.00 bits per heavy atom. The number of nitrogen functional groups attached to an aromatic ring is 1. The van der Waals surface area contributed by atoms with Crippen LogP contribution in [0.4, 0.5) is 5.82 Å². The van der Waals surface area contributed by atoms with Gasteiger partial charge in [0.2, 0.25) is 0 Å². The fraction of sp³-hybridized carbons (Fsp3) is 0.722. The minimum absolute atomic E-state index is 0.102. The maximum Gasteiger partial charge on any atom is 0.274 e. The molecule has 2 aromatic rings. The SMILES string of the molecule is CC(C)N1C[C@@H](COP(=O)(C(C)C)N(C)C)O[C@@H](n2cnc3c(N)ncnc32)C1. The fourth-order valence-corrected chi connectivity index (χ4v) is 5.34. The number of nitrogens with zero attached hydrogens (tertiary/aromatic N) is 6. The lowest BCUT2D eigenvalue weighted by atomic mass is 10.2. The Hall–Kier alpha value is -1.58. The minimum atomic E-state index is -2.92. The second-order valence-electron chi connectivity index (χ2n) is 8.14. The number of aromatic nitrogens is 4. The van der Waals surface area contributed by atoms with Crippen LogP contribution in [-0.4, -0.2) is 80.7 Å². The summed E-state index contributed by atoms with van der Waals surface area (Å²) in [4.78, 5) is 15.0. The van der Waals surface area contributed by atoms with Crippen molar-refractivity contribution in [3.63, 3.8) is 0 Å². The molecule has 2 N–H and O–H groups in total. The van der Waals surface area contributed by atoms with Crippen LogP contribution in [0, 0.1) is 0 Å². The van der Waals surface area contributed by atoms with E-state index in [0.29, 0.717) is 36.1 Å². The number of imidazole rings is 1. The molecule has 0 spiro atoms. The predicted octanol–water partition coefficient (Wildman–Crippen LogP) is 2.20. The zero-order valence-corrected chi connectivity index (χ0v) is 18.9. The lowest BCUT2D eigenvalue weighted by Gasteiger charge is -2.41. The molecule has 1 saturated heterocycles. The Kier molecular flexibility index (Phi) is 6.60. The Balaban J connectivity index is 1.82. The molecule has 0 bridgehead atoms. The van der Waals surface area contributed by atoms with Gasteiger partial charge in [0.15, 0.2) is 11.5 Å². The number of anilines is 1. The van der Waals surface area contributed by atoms with Crippen LogP contribution in [0.1, 0.15) is 33.9 Å². The number of ether oxygens (including phenoxy) is 1. The smallest absolute Gasteiger partial charge is 0.274 e. The van der Waals surface area contributed by atoms with Crippen LogP contribution >= 0.6 is 7.52 Å². The summed E-state index contributed by atoms with van der Waals surface area (Å²) >= 11 is 0. The van der Waals surface area contributed by atoms with E-state index in [9.17, 15) is 4.57 Å². The molecule has 3 heterocycles. The summed E-state index contributed by atoms with van der Waals surface area (Å²) in [5.41, 5.74) is 7.01. The molecule has 0 aromatic carbocycles. The average molecular weight is 425 g/mol. The number of nitrogens with two attached hydrogens (primary N) is 1. The topological polar surface area (TPSA) is 112 Å². The highest BCUT2D eigenvalue weighted by molar-refractivity contribution is 7.57. The maximum absolute atomic E-state index is 13.2. The van der Waals surface area contributed by atoms with Gasteiger partial charge >= 0.3 is 0 Å². The first kappa shape index (κ1) is 22.1. The predicted molar refractivity (Wildman–Crippen MR) is 113 cm³/mol. The molecular formula is C18H32N7O3P. The van der Waals surface area contributed by atoms with Crippen molar-refractivity contribution in [3.8, 4) is 0 Å². The van der Waals surface area contributed by atoms with E-state index >= 15 is 0 Å². The first-order valence-corrected chi connectivity index (χ1v) is 11.5. The first-order chi connectivity index (χ1) is 13.6. The van der Waals surface area contributed by atoms with Crippen molar-refractivity contribution in [2.45, 2.75) is 51.7 Å². The third-order valence-electron chi connectivity index (χ3n) is 5.26. The molecule has 1 aliphatic heterocycles. The highest BCUT2D eigenvalue weighted by Crippen LogP contribution is 2.53. The van der Waals surface area contributed by atoms with Gasteiger partial charge in [-0.2, -0.15) is 0 Å². The molecule has 1 unspecified atom stereocenters. The summed E-state index contributed by atoms with van der Waals surface area (Å²) in [6.45, 7) is 9.73. The van der Waals surface area contributed by atoms with Gasteiger partial charge < -0.3 is 15.0 Å². The third kappa shape index (κ3) is 4.46. The molecule has 1 aliphatic rings. The molecule has 3 atom stereocenters. The molecule has 0 saturated carbocycles. The van der Waals surface area contributed by atoms with Crippen LogP contribution < -0.4 is 5.73 Å². The van der Waals surface area contributed by atoms with E-state index in [2.05, 4.69) is 33.7 Å². The molecule has 10 nitrogen and oxygen atoms in total. The van der Waals surface area contributed by atoms with Gasteiger partial charge in [-0.05, 0) is 27.9 Å². The van der Waals surface area contributed by atoms with Crippen LogP contribution in [0.3, 0.4) is 0 Å². The summed E-state index contributed by atoms with van der Waals surface area (Å²) in [6, 6.07) is 0.323. The molecule has 11 heteroatoms. The molecule has 1 fully saturated rings. The van der Waals surface area contributed by atoms with Gasteiger partial charge in [0.1, 0.15) is 18.1 Å². The highest BCUT2D eigenvalue weighted by atomic mass is 31.2. The molecular weight excluding hydrogens is 393 g/mol. The molecule has 162 valence electrons. The summed E-state index contributed by atoms with van der Waals surface area (Å²) < 4.78 is 29.0. The summed E-state index contributed by atoms with van der Waals surface area (Å²) in [5.74, 6) is 0.342. The van der Waals surface area contributed by atoms with E-state index in [1.165, 1.54) is 6.33 Å². The van der Waals surface area contributed by atoms with E-state index in [1.54, 1.807) is 25.1 Å². The maximum atomic E-state index is 13.2. The van der Waals surface area contributed by atoms with Crippen molar-refractivity contribution < 1.29 is 13.8 Å². The standard InChI is InChI=1S/C18H32N7O3P/c1-12(2)24-7-14(9-27-29(26,13(3)4)23(5)6)28-15(8-24)25-11-22-16-17(19)20-10-21-18(16)25/h10-15H,7-9H2,1-6H3,(H2,19,20,21)/t14-,15+,29?/m0/s1. The lowest BCUT2D eigenvalue weighted by molar-refractivity contribution is -0.136. The zero-order valence-electron chi connectivity index (χ0n) is 18.0. The second kappa shape index (κ2) is 8.65. The molecule has 0 aliphatic carbocycles. The van der Waals surface area contributed by atoms with E-state index in [-0.39, 0.29) is 24.6 Å². The summed E-state index contributed by atoms with van der Waals surface area (Å²) in [7, 11) is 0.650. The average Bonchev–Trinajstić information content (AvgIpc) is 3.11. The van der Waals surface area contributed by atoms with Crippen molar-refractivity contribution >= 4 is 24.5 Å². The van der Waals surface area contributed by atoms with E-state index in [4.69, 9.17) is 15.0 Å². The lowest BCUT2D eigenvalue weighted by Crippen LogP contribution is -2.49. The van der Waals surface area contributed by atoms with Crippen molar-refractivity contribution in [1.29, 1.82) is 0 Å². The number of morpholine rings is 1. The van der Waals surface area contributed by atoms with Crippen molar-refractivity contribution in [3.05, 3.63) is 12.7 Å². The van der Waals surface area contributed by atoms with Gasteiger partial charge in [-0.15, -0.1) is 0 Å². The van der Waals surface area contributed by atoms with Gasteiger partial charge in [-0.1, -0.05) is 13.8 Å². The largest absolute Gasteiger partial charge is 0.382 e. The van der Waals surface area contributed by atoms with E-state index < -0.39 is 7.52 Å². The number of fused-ring (bicyclic) bond motifs is 1. The molecule has 2 aromatic heterocycles. The van der Waals surface area contributed by atoms with E-state index in [0.717, 1.165) is 0 Å². The Bertz CT molecular complexity index is 873. The van der Waals surface area contributed by atoms with Gasteiger partial charge in [0.05, 0.1) is 19.0 Å². The Morgan fingerprint density at radius 1 is 1.28 bits per heavy atom. The highest BCUT2D eigenvalue weighted by Gasteiger charge is 2.36. The molecule has 29 heavy (non-hydrogen) atoms. The number of rotatable bonds is 7. The summed E-state index contributed by atoms with van der Waals surface area (Å²) in [6.07, 6.45) is 2.56.